The van der Waals surface area contributed by atoms with Crippen molar-refractivity contribution in [1.29, 1.82) is 0 Å². The predicted molar refractivity (Wildman–Crippen MR) is 30.9 cm³/mol. The number of rotatable bonds is 0. The van der Waals surface area contributed by atoms with Crippen LogP contribution in [0.3, 0.4) is 0 Å². The van der Waals surface area contributed by atoms with Crippen molar-refractivity contribution in [3.05, 3.63) is 0 Å². The van der Waals surface area contributed by atoms with Gasteiger partial charge >= 0.3 is 11.9 Å². The molecule has 1 fully saturated rings. The lowest BCUT2D eigenvalue weighted by Gasteiger charge is -2.17. The Kier molecular flexibility index (Phi) is 1.75. The summed E-state index contributed by atoms with van der Waals surface area (Å²) < 4.78 is 8.64. The van der Waals surface area contributed by atoms with Gasteiger partial charge in [0.2, 0.25) is 0 Å². The van der Waals surface area contributed by atoms with E-state index in [-0.39, 0.29) is 5.90 Å². The molecule has 1 rings (SSSR count). The van der Waals surface area contributed by atoms with Crippen LogP contribution in [0.5, 0.6) is 0 Å². The van der Waals surface area contributed by atoms with Gasteiger partial charge in [0.25, 0.3) is 5.90 Å². The summed E-state index contributed by atoms with van der Waals surface area (Å²) in [5.41, 5.74) is 0. The minimum absolute atomic E-state index is 0.311. The van der Waals surface area contributed by atoms with Crippen LogP contribution in [0.15, 0.2) is 5.16 Å². The summed E-state index contributed by atoms with van der Waals surface area (Å²) in [6, 6.07) is 0. The topological polar surface area (TPSA) is 85.2 Å². The first kappa shape index (κ1) is 7.52. The molecule has 1 aliphatic rings. The third-order valence-corrected chi connectivity index (χ3v) is 1.09. The Bertz CT molecular complexity index is 233. The third kappa shape index (κ3) is 1.28. The van der Waals surface area contributed by atoms with Crippen molar-refractivity contribution in [3.63, 3.8) is 0 Å². The van der Waals surface area contributed by atoms with Crippen LogP contribution >= 0.6 is 0 Å². The fourth-order valence-electron chi connectivity index (χ4n) is 0.580. The van der Waals surface area contributed by atoms with Gasteiger partial charge in [-0.3, -0.25) is 0 Å². The van der Waals surface area contributed by atoms with E-state index in [9.17, 15) is 9.59 Å². The van der Waals surface area contributed by atoms with Crippen LogP contribution in [0.4, 0.5) is 0 Å². The molecule has 0 aromatic carbocycles. The Morgan fingerprint density at radius 2 is 2.09 bits per heavy atom. The van der Waals surface area contributed by atoms with Crippen LogP contribution in [0, 0.1) is 0 Å². The molecular formula is C5H5NO5. The first-order chi connectivity index (χ1) is 5.15. The van der Waals surface area contributed by atoms with Gasteiger partial charge < -0.3 is 14.7 Å². The highest BCUT2D eigenvalue weighted by Crippen LogP contribution is 2.05. The van der Waals surface area contributed by atoms with E-state index in [1.165, 1.54) is 6.92 Å². The molecule has 0 saturated carbocycles. The molecule has 0 radical (unpaired) electrons. The quantitative estimate of drug-likeness (QED) is 0.218. The van der Waals surface area contributed by atoms with Gasteiger partial charge in [-0.1, -0.05) is 0 Å². The second-order valence-electron chi connectivity index (χ2n) is 1.88. The number of hydrogen-bond acceptors (Lipinski definition) is 6. The predicted octanol–water partition coefficient (Wildman–Crippen LogP) is -0.737. The van der Waals surface area contributed by atoms with E-state index in [2.05, 4.69) is 14.6 Å². The third-order valence-electron chi connectivity index (χ3n) is 1.09. The SMILES string of the molecule is CC1OC(=O)C(=O)O/C1=N\O. The standard InChI is InChI=1S/C5H5NO5/c1-2-3(6-9)11-5(8)4(7)10-2/h2,9H,1H3/b6-3-. The van der Waals surface area contributed by atoms with Gasteiger partial charge in [0.15, 0.2) is 6.10 Å². The van der Waals surface area contributed by atoms with Crippen molar-refractivity contribution in [3.8, 4) is 0 Å². The molecule has 0 amide bonds. The van der Waals surface area contributed by atoms with Gasteiger partial charge in [0, 0.05) is 0 Å². The van der Waals surface area contributed by atoms with Gasteiger partial charge in [-0.15, -0.1) is 0 Å². The van der Waals surface area contributed by atoms with E-state index in [0.29, 0.717) is 0 Å². The summed E-state index contributed by atoms with van der Waals surface area (Å²) in [6.07, 6.45) is -0.815. The molecule has 11 heavy (non-hydrogen) atoms. The fourth-order valence-corrected chi connectivity index (χ4v) is 0.580. The van der Waals surface area contributed by atoms with Crippen molar-refractivity contribution in [1.82, 2.24) is 0 Å². The average molecular weight is 159 g/mol. The zero-order chi connectivity index (χ0) is 8.43. The Morgan fingerprint density at radius 3 is 2.64 bits per heavy atom. The first-order valence-corrected chi connectivity index (χ1v) is 2.80. The van der Waals surface area contributed by atoms with E-state index in [0.717, 1.165) is 0 Å². The summed E-state index contributed by atoms with van der Waals surface area (Å²) >= 11 is 0. The zero-order valence-corrected chi connectivity index (χ0v) is 5.60. The monoisotopic (exact) mass is 159 g/mol. The molecule has 1 aliphatic heterocycles. The highest BCUT2D eigenvalue weighted by atomic mass is 16.7. The number of esters is 2. The minimum Gasteiger partial charge on any atom is -0.444 e. The molecule has 0 bridgehead atoms. The van der Waals surface area contributed by atoms with Gasteiger partial charge in [0.1, 0.15) is 0 Å². The summed E-state index contributed by atoms with van der Waals surface area (Å²) in [7, 11) is 0. The normalized spacial score (nSPS) is 28.1. The summed E-state index contributed by atoms with van der Waals surface area (Å²) in [6.45, 7) is 1.42. The molecule has 0 aromatic heterocycles. The van der Waals surface area contributed by atoms with Crippen LogP contribution in [0.25, 0.3) is 0 Å². The summed E-state index contributed by atoms with van der Waals surface area (Å²) in [4.78, 5) is 20.9. The maximum Gasteiger partial charge on any atom is 0.424 e. The molecule has 1 unspecified atom stereocenters. The second-order valence-corrected chi connectivity index (χ2v) is 1.88. The molecule has 0 aliphatic carbocycles. The molecule has 0 spiro atoms. The van der Waals surface area contributed by atoms with Gasteiger partial charge in [-0.25, -0.2) is 9.59 Å². The van der Waals surface area contributed by atoms with Gasteiger partial charge in [-0.05, 0) is 12.1 Å². The number of hydrogen-bond donors (Lipinski definition) is 1. The molecule has 6 nitrogen and oxygen atoms in total. The Balaban J connectivity index is 2.78. The van der Waals surface area contributed by atoms with Crippen molar-refractivity contribution < 1.29 is 24.3 Å². The Morgan fingerprint density at radius 1 is 1.45 bits per heavy atom. The Labute approximate surface area is 61.4 Å². The zero-order valence-electron chi connectivity index (χ0n) is 5.60. The number of carbonyl (C=O) groups excluding carboxylic acids is 2. The van der Waals surface area contributed by atoms with E-state index >= 15 is 0 Å². The van der Waals surface area contributed by atoms with Crippen molar-refractivity contribution in [2.24, 2.45) is 5.16 Å². The maximum absolute atomic E-state index is 10.4. The molecule has 1 N–H and O–H groups in total. The highest BCUT2D eigenvalue weighted by molar-refractivity contribution is 6.33. The summed E-state index contributed by atoms with van der Waals surface area (Å²) in [5, 5.41) is 10.8. The van der Waals surface area contributed by atoms with Gasteiger partial charge in [-0.2, -0.15) is 0 Å². The molecule has 0 aromatic rings. The number of cyclic esters (lactones) is 2. The average Bonchev–Trinajstić information content (AvgIpc) is 1.97. The molecule has 60 valence electrons. The maximum atomic E-state index is 10.4. The molecular weight excluding hydrogens is 154 g/mol. The lowest BCUT2D eigenvalue weighted by molar-refractivity contribution is -0.169. The second kappa shape index (κ2) is 2.57. The van der Waals surface area contributed by atoms with Crippen LogP contribution in [0.1, 0.15) is 6.92 Å². The number of carbonyl (C=O) groups is 2. The number of ether oxygens (including phenoxy) is 2. The van der Waals surface area contributed by atoms with Crippen molar-refractivity contribution in [2.75, 3.05) is 0 Å². The molecule has 1 saturated heterocycles. The summed E-state index contributed by atoms with van der Waals surface area (Å²) in [5.74, 6) is -2.56. The smallest absolute Gasteiger partial charge is 0.424 e. The van der Waals surface area contributed by atoms with Crippen LogP contribution in [0.2, 0.25) is 0 Å². The van der Waals surface area contributed by atoms with Crippen LogP contribution in [-0.4, -0.2) is 29.1 Å². The largest absolute Gasteiger partial charge is 0.444 e. The first-order valence-electron chi connectivity index (χ1n) is 2.80. The van der Waals surface area contributed by atoms with Crippen LogP contribution in [-0.2, 0) is 19.1 Å². The molecule has 1 heterocycles. The Hall–Kier alpha value is -1.59. The van der Waals surface area contributed by atoms with E-state index in [1.54, 1.807) is 0 Å². The van der Waals surface area contributed by atoms with Crippen LogP contribution < -0.4 is 0 Å². The molecule has 1 atom stereocenters. The van der Waals surface area contributed by atoms with Gasteiger partial charge in [0.05, 0.1) is 0 Å². The van der Waals surface area contributed by atoms with Crippen molar-refractivity contribution >= 4 is 17.8 Å². The lowest BCUT2D eigenvalue weighted by Crippen LogP contribution is -2.39. The highest BCUT2D eigenvalue weighted by Gasteiger charge is 2.33. The molecule has 6 heteroatoms. The number of nitrogens with zero attached hydrogens (tertiary/aromatic N) is 1. The van der Waals surface area contributed by atoms with E-state index in [4.69, 9.17) is 5.21 Å². The minimum atomic E-state index is -1.17. The lowest BCUT2D eigenvalue weighted by atomic mass is 10.4. The van der Waals surface area contributed by atoms with E-state index < -0.39 is 18.0 Å². The van der Waals surface area contributed by atoms with Crippen molar-refractivity contribution in [2.45, 2.75) is 13.0 Å². The van der Waals surface area contributed by atoms with E-state index in [1.807, 2.05) is 0 Å². The fraction of sp³-hybridized carbons (Fsp3) is 0.400. The number of oxime groups is 1.